The molecule has 1 atom stereocenters. The lowest BCUT2D eigenvalue weighted by Crippen LogP contribution is -2.24. The number of nitrogens with zero attached hydrogens (tertiary/aromatic N) is 1. The minimum atomic E-state index is -0.273. The molecule has 0 aliphatic carbocycles. The molecule has 1 N–H and O–H groups in total. The molecule has 0 saturated heterocycles. The van der Waals surface area contributed by atoms with Gasteiger partial charge >= 0.3 is 0 Å². The Morgan fingerprint density at radius 2 is 2.24 bits per heavy atom. The average molecular weight is 308 g/mol. The molecular formula is C16H21FN2OS. The Morgan fingerprint density at radius 1 is 1.43 bits per heavy atom. The summed E-state index contributed by atoms with van der Waals surface area (Å²) >= 11 is 1.62. The van der Waals surface area contributed by atoms with Gasteiger partial charge in [-0.3, -0.25) is 0 Å². The fourth-order valence-electron chi connectivity index (χ4n) is 2.31. The second-order valence-corrected chi connectivity index (χ2v) is 5.83. The van der Waals surface area contributed by atoms with Crippen molar-refractivity contribution in [2.75, 3.05) is 13.7 Å². The first-order valence-electron chi connectivity index (χ1n) is 7.12. The van der Waals surface area contributed by atoms with Gasteiger partial charge in [-0.25, -0.2) is 9.37 Å². The number of ether oxygens (including phenoxy) is 1. The van der Waals surface area contributed by atoms with Crippen molar-refractivity contribution < 1.29 is 9.13 Å². The molecule has 2 rings (SSSR count). The maximum Gasteiger partial charge on any atom is 0.168 e. The Hall–Kier alpha value is -1.46. The van der Waals surface area contributed by atoms with Crippen LogP contribution < -0.4 is 10.1 Å². The third kappa shape index (κ3) is 3.80. The third-order valence-electron chi connectivity index (χ3n) is 3.43. The summed E-state index contributed by atoms with van der Waals surface area (Å²) in [6.07, 6.45) is 1.63. The molecule has 114 valence electrons. The van der Waals surface area contributed by atoms with Gasteiger partial charge in [0.15, 0.2) is 11.6 Å². The van der Waals surface area contributed by atoms with Gasteiger partial charge in [0.25, 0.3) is 0 Å². The Bertz CT molecular complexity index is 585. The zero-order valence-corrected chi connectivity index (χ0v) is 13.5. The highest BCUT2D eigenvalue weighted by Gasteiger charge is 2.19. The van der Waals surface area contributed by atoms with Gasteiger partial charge in [0.2, 0.25) is 0 Å². The Kier molecular flexibility index (Phi) is 5.70. The Balaban J connectivity index is 2.25. The lowest BCUT2D eigenvalue weighted by Gasteiger charge is -2.19. The molecule has 0 aliphatic rings. The van der Waals surface area contributed by atoms with Crippen LogP contribution in [0.2, 0.25) is 0 Å². The van der Waals surface area contributed by atoms with Gasteiger partial charge in [0, 0.05) is 10.9 Å². The quantitative estimate of drug-likeness (QED) is 0.843. The largest absolute Gasteiger partial charge is 0.494 e. The van der Waals surface area contributed by atoms with Crippen molar-refractivity contribution in [3.05, 3.63) is 45.7 Å². The van der Waals surface area contributed by atoms with E-state index in [1.54, 1.807) is 17.4 Å². The van der Waals surface area contributed by atoms with E-state index in [0.717, 1.165) is 18.7 Å². The van der Waals surface area contributed by atoms with Crippen molar-refractivity contribution in [1.82, 2.24) is 10.3 Å². The maximum atomic E-state index is 14.3. The molecule has 3 nitrogen and oxygen atoms in total. The van der Waals surface area contributed by atoms with E-state index in [9.17, 15) is 4.39 Å². The molecule has 0 fully saturated rings. The summed E-state index contributed by atoms with van der Waals surface area (Å²) in [5.74, 6) is 0.0215. The highest BCUT2D eigenvalue weighted by molar-refractivity contribution is 7.09. The minimum absolute atomic E-state index is 0.0825. The molecule has 0 spiro atoms. The van der Waals surface area contributed by atoms with Gasteiger partial charge in [-0.1, -0.05) is 19.1 Å². The monoisotopic (exact) mass is 308 g/mol. The van der Waals surface area contributed by atoms with Crippen molar-refractivity contribution in [3.63, 3.8) is 0 Å². The van der Waals surface area contributed by atoms with Crippen molar-refractivity contribution in [2.24, 2.45) is 0 Å². The van der Waals surface area contributed by atoms with Crippen LogP contribution >= 0.6 is 11.3 Å². The van der Waals surface area contributed by atoms with Gasteiger partial charge in [-0.15, -0.1) is 11.3 Å². The Labute approximate surface area is 129 Å². The van der Waals surface area contributed by atoms with Crippen molar-refractivity contribution >= 4 is 11.3 Å². The summed E-state index contributed by atoms with van der Waals surface area (Å²) in [6.45, 7) is 5.01. The molecule has 0 amide bonds. The number of aromatic nitrogens is 1. The van der Waals surface area contributed by atoms with Gasteiger partial charge in [0.1, 0.15) is 0 Å². The number of hydrogen-bond acceptors (Lipinski definition) is 4. The standard InChI is InChI=1S/C16H21FN2OS/c1-4-8-18-13(16-11(2)19-10-21-16)9-12-6-5-7-14(20-3)15(12)17/h5-7,10,13,18H,4,8-9H2,1-3H3. The predicted octanol–water partition coefficient (Wildman–Crippen LogP) is 3.88. The number of hydrogen-bond donors (Lipinski definition) is 1. The second-order valence-electron chi connectivity index (χ2n) is 4.95. The molecule has 0 bridgehead atoms. The van der Waals surface area contributed by atoms with E-state index in [0.29, 0.717) is 17.7 Å². The lowest BCUT2D eigenvalue weighted by molar-refractivity contribution is 0.382. The van der Waals surface area contributed by atoms with Crippen molar-refractivity contribution in [3.8, 4) is 5.75 Å². The van der Waals surface area contributed by atoms with Crippen LogP contribution in [0.5, 0.6) is 5.75 Å². The summed E-state index contributed by atoms with van der Waals surface area (Å²) in [5.41, 5.74) is 3.51. The normalized spacial score (nSPS) is 12.4. The number of rotatable bonds is 7. The van der Waals surface area contributed by atoms with E-state index in [1.165, 1.54) is 12.0 Å². The number of thiazole rings is 1. The molecule has 0 saturated carbocycles. The number of aryl methyl sites for hydroxylation is 1. The number of halogens is 1. The molecule has 1 aromatic heterocycles. The first-order chi connectivity index (χ1) is 10.2. The van der Waals surface area contributed by atoms with Gasteiger partial charge < -0.3 is 10.1 Å². The van der Waals surface area contributed by atoms with Crippen LogP contribution in [-0.2, 0) is 6.42 Å². The van der Waals surface area contributed by atoms with E-state index in [-0.39, 0.29) is 11.9 Å². The van der Waals surface area contributed by atoms with Crippen LogP contribution in [0.3, 0.4) is 0 Å². The first-order valence-corrected chi connectivity index (χ1v) is 8.00. The Morgan fingerprint density at radius 3 is 2.86 bits per heavy atom. The summed E-state index contributed by atoms with van der Waals surface area (Å²) in [4.78, 5) is 5.48. The fourth-order valence-corrected chi connectivity index (χ4v) is 3.19. The predicted molar refractivity (Wildman–Crippen MR) is 84.5 cm³/mol. The van der Waals surface area contributed by atoms with E-state index in [1.807, 2.05) is 24.6 Å². The highest BCUT2D eigenvalue weighted by Crippen LogP contribution is 2.28. The van der Waals surface area contributed by atoms with Crippen LogP contribution in [0.4, 0.5) is 4.39 Å². The topological polar surface area (TPSA) is 34.1 Å². The highest BCUT2D eigenvalue weighted by atomic mass is 32.1. The van der Waals surface area contributed by atoms with Crippen LogP contribution in [0, 0.1) is 12.7 Å². The zero-order valence-electron chi connectivity index (χ0n) is 12.6. The third-order valence-corrected chi connectivity index (χ3v) is 4.47. The summed E-state index contributed by atoms with van der Waals surface area (Å²) < 4.78 is 19.4. The second kappa shape index (κ2) is 7.52. The van der Waals surface area contributed by atoms with E-state index < -0.39 is 0 Å². The van der Waals surface area contributed by atoms with Gasteiger partial charge in [-0.05, 0) is 37.9 Å². The number of benzene rings is 1. The average Bonchev–Trinajstić information content (AvgIpc) is 2.91. The molecule has 1 aromatic carbocycles. The smallest absolute Gasteiger partial charge is 0.168 e. The molecule has 21 heavy (non-hydrogen) atoms. The molecule has 0 aliphatic heterocycles. The summed E-state index contributed by atoms with van der Waals surface area (Å²) in [7, 11) is 1.49. The van der Waals surface area contributed by atoms with E-state index >= 15 is 0 Å². The zero-order chi connectivity index (χ0) is 15.2. The summed E-state index contributed by atoms with van der Waals surface area (Å²) in [5, 5.41) is 3.49. The fraction of sp³-hybridized carbons (Fsp3) is 0.438. The van der Waals surface area contributed by atoms with Crippen LogP contribution in [0.25, 0.3) is 0 Å². The molecule has 1 heterocycles. The van der Waals surface area contributed by atoms with Crippen LogP contribution in [0.1, 0.15) is 35.5 Å². The van der Waals surface area contributed by atoms with Crippen LogP contribution in [0.15, 0.2) is 23.7 Å². The minimum Gasteiger partial charge on any atom is -0.494 e. The van der Waals surface area contributed by atoms with Crippen molar-refractivity contribution in [1.29, 1.82) is 0 Å². The van der Waals surface area contributed by atoms with Crippen LogP contribution in [-0.4, -0.2) is 18.6 Å². The van der Waals surface area contributed by atoms with Gasteiger partial charge in [0.05, 0.1) is 18.3 Å². The molecular weight excluding hydrogens is 287 g/mol. The van der Waals surface area contributed by atoms with E-state index in [4.69, 9.17) is 4.74 Å². The maximum absolute atomic E-state index is 14.3. The number of nitrogens with one attached hydrogen (secondary N) is 1. The van der Waals surface area contributed by atoms with Crippen molar-refractivity contribution in [2.45, 2.75) is 32.7 Å². The molecule has 2 aromatic rings. The first kappa shape index (κ1) is 15.9. The molecule has 1 unspecified atom stereocenters. The van der Waals surface area contributed by atoms with E-state index in [2.05, 4.69) is 17.2 Å². The summed E-state index contributed by atoms with van der Waals surface area (Å²) in [6, 6.07) is 5.37. The lowest BCUT2D eigenvalue weighted by atomic mass is 10.0. The number of methoxy groups -OCH3 is 1. The molecule has 0 radical (unpaired) electrons. The SMILES string of the molecule is CCCNC(Cc1cccc(OC)c1F)c1scnc1C. The van der Waals surface area contributed by atoms with Gasteiger partial charge in [-0.2, -0.15) is 0 Å². The molecule has 5 heteroatoms.